The maximum absolute atomic E-state index is 12.0. The summed E-state index contributed by atoms with van der Waals surface area (Å²) in [7, 11) is 1.95. The van der Waals surface area contributed by atoms with E-state index in [9.17, 15) is 4.79 Å². The maximum atomic E-state index is 12.0. The zero-order valence-electron chi connectivity index (χ0n) is 13.9. The lowest BCUT2D eigenvalue weighted by atomic mass is 10.0. The molecule has 1 aromatic carbocycles. The summed E-state index contributed by atoms with van der Waals surface area (Å²) in [4.78, 5) is 12.0. The molecule has 0 aliphatic heterocycles. The Bertz CT molecular complexity index is 658. The molecular formula is C18H25N3O. The van der Waals surface area contributed by atoms with Crippen LogP contribution >= 0.6 is 0 Å². The average molecular weight is 299 g/mol. The highest BCUT2D eigenvalue weighted by Crippen LogP contribution is 2.12. The van der Waals surface area contributed by atoms with Crippen molar-refractivity contribution in [2.45, 2.75) is 40.0 Å². The molecule has 0 bridgehead atoms. The van der Waals surface area contributed by atoms with Crippen LogP contribution in [0.3, 0.4) is 0 Å². The molecule has 4 nitrogen and oxygen atoms in total. The average Bonchev–Trinajstić information content (AvgIpc) is 2.72. The first-order valence-corrected chi connectivity index (χ1v) is 7.79. The third-order valence-electron chi connectivity index (χ3n) is 4.24. The van der Waals surface area contributed by atoms with Crippen molar-refractivity contribution in [2.75, 3.05) is 6.54 Å². The van der Waals surface area contributed by atoms with Crippen LogP contribution in [0, 0.1) is 20.8 Å². The van der Waals surface area contributed by atoms with Crippen molar-refractivity contribution in [1.29, 1.82) is 0 Å². The van der Waals surface area contributed by atoms with Gasteiger partial charge in [0.25, 0.3) is 0 Å². The van der Waals surface area contributed by atoms with Gasteiger partial charge in [0.05, 0.1) is 5.69 Å². The van der Waals surface area contributed by atoms with E-state index < -0.39 is 0 Å². The Labute approximate surface area is 132 Å². The predicted molar refractivity (Wildman–Crippen MR) is 88.9 cm³/mol. The topological polar surface area (TPSA) is 46.9 Å². The molecule has 1 N–H and O–H groups in total. The minimum Gasteiger partial charge on any atom is -0.356 e. The van der Waals surface area contributed by atoms with Gasteiger partial charge < -0.3 is 5.32 Å². The zero-order valence-corrected chi connectivity index (χ0v) is 13.9. The Morgan fingerprint density at radius 2 is 1.91 bits per heavy atom. The molecule has 118 valence electrons. The van der Waals surface area contributed by atoms with Crippen molar-refractivity contribution < 1.29 is 4.79 Å². The molecule has 22 heavy (non-hydrogen) atoms. The van der Waals surface area contributed by atoms with Gasteiger partial charge in [-0.05, 0) is 50.3 Å². The number of carbonyl (C=O) groups excluding carboxylic acids is 1. The fraction of sp³-hybridized carbons (Fsp3) is 0.444. The van der Waals surface area contributed by atoms with Crippen molar-refractivity contribution >= 4 is 5.91 Å². The van der Waals surface area contributed by atoms with Crippen LogP contribution in [-0.4, -0.2) is 22.2 Å². The first kappa shape index (κ1) is 16.3. The number of rotatable bonds is 6. The van der Waals surface area contributed by atoms with Crippen LogP contribution < -0.4 is 5.32 Å². The number of nitrogens with one attached hydrogen (secondary N) is 1. The summed E-state index contributed by atoms with van der Waals surface area (Å²) in [6, 6.07) is 8.22. The molecule has 0 spiro atoms. The van der Waals surface area contributed by atoms with Gasteiger partial charge in [-0.15, -0.1) is 0 Å². The number of hydrogen-bond acceptors (Lipinski definition) is 2. The van der Waals surface area contributed by atoms with E-state index in [4.69, 9.17) is 0 Å². The fourth-order valence-electron chi connectivity index (χ4n) is 2.73. The van der Waals surface area contributed by atoms with Crippen molar-refractivity contribution in [2.24, 2.45) is 7.05 Å². The van der Waals surface area contributed by atoms with Crippen molar-refractivity contribution in [3.63, 3.8) is 0 Å². The van der Waals surface area contributed by atoms with Crippen LogP contribution in [0.25, 0.3) is 0 Å². The second-order valence-electron chi connectivity index (χ2n) is 5.80. The monoisotopic (exact) mass is 299 g/mol. The predicted octanol–water partition coefficient (Wildman–Crippen LogP) is 2.64. The molecule has 0 atom stereocenters. The smallest absolute Gasteiger partial charge is 0.220 e. The van der Waals surface area contributed by atoms with E-state index in [0.29, 0.717) is 13.0 Å². The highest BCUT2D eigenvalue weighted by atomic mass is 16.1. The standard InChI is InChI=1S/C18H25N3O/c1-13-7-5-6-8-16(13)9-10-18(22)19-12-11-17-14(2)20-21(4)15(17)3/h5-8H,9-12H2,1-4H3,(H,19,22). The first-order chi connectivity index (χ1) is 10.5. The van der Waals surface area contributed by atoms with E-state index in [0.717, 1.165) is 18.5 Å². The first-order valence-electron chi connectivity index (χ1n) is 7.79. The number of benzene rings is 1. The summed E-state index contributed by atoms with van der Waals surface area (Å²) >= 11 is 0. The van der Waals surface area contributed by atoms with Crippen LogP contribution in [0.4, 0.5) is 0 Å². The molecule has 2 rings (SSSR count). The summed E-state index contributed by atoms with van der Waals surface area (Å²) in [6.07, 6.45) is 2.17. The summed E-state index contributed by atoms with van der Waals surface area (Å²) in [5, 5.41) is 7.41. The Balaban J connectivity index is 1.78. The van der Waals surface area contributed by atoms with Crippen molar-refractivity contribution in [3.8, 4) is 0 Å². The van der Waals surface area contributed by atoms with Gasteiger partial charge in [0.1, 0.15) is 0 Å². The van der Waals surface area contributed by atoms with Crippen LogP contribution in [0.5, 0.6) is 0 Å². The number of aryl methyl sites for hydroxylation is 4. The van der Waals surface area contributed by atoms with Gasteiger partial charge in [0, 0.05) is 25.7 Å². The lowest BCUT2D eigenvalue weighted by molar-refractivity contribution is -0.121. The largest absolute Gasteiger partial charge is 0.356 e. The molecule has 0 saturated carbocycles. The molecule has 0 saturated heterocycles. The molecule has 2 aromatic rings. The Hall–Kier alpha value is -2.10. The molecule has 1 amide bonds. The molecule has 0 aliphatic rings. The van der Waals surface area contributed by atoms with Crippen molar-refractivity contribution in [3.05, 3.63) is 52.3 Å². The SMILES string of the molecule is Cc1ccccc1CCC(=O)NCCc1c(C)nn(C)c1C. The van der Waals surface area contributed by atoms with E-state index >= 15 is 0 Å². The van der Waals surface area contributed by atoms with E-state index in [2.05, 4.69) is 36.4 Å². The molecule has 1 heterocycles. The Morgan fingerprint density at radius 3 is 2.55 bits per heavy atom. The van der Waals surface area contributed by atoms with E-state index in [1.54, 1.807) is 0 Å². The molecule has 0 fully saturated rings. The third-order valence-corrected chi connectivity index (χ3v) is 4.24. The van der Waals surface area contributed by atoms with E-state index in [1.165, 1.54) is 22.4 Å². The molecule has 0 radical (unpaired) electrons. The number of nitrogens with zero attached hydrogens (tertiary/aromatic N) is 2. The summed E-state index contributed by atoms with van der Waals surface area (Å²) in [5.74, 6) is 0.113. The number of aromatic nitrogens is 2. The highest BCUT2D eigenvalue weighted by Gasteiger charge is 2.09. The number of hydrogen-bond donors (Lipinski definition) is 1. The molecule has 4 heteroatoms. The molecule has 0 aliphatic carbocycles. The molecular weight excluding hydrogens is 274 g/mol. The lowest BCUT2D eigenvalue weighted by Gasteiger charge is -2.07. The summed E-state index contributed by atoms with van der Waals surface area (Å²) in [6.45, 7) is 6.83. The second-order valence-corrected chi connectivity index (χ2v) is 5.80. The van der Waals surface area contributed by atoms with Gasteiger partial charge in [0.2, 0.25) is 5.91 Å². The van der Waals surface area contributed by atoms with Gasteiger partial charge >= 0.3 is 0 Å². The highest BCUT2D eigenvalue weighted by molar-refractivity contribution is 5.76. The lowest BCUT2D eigenvalue weighted by Crippen LogP contribution is -2.26. The Kier molecular flexibility index (Phi) is 5.36. The van der Waals surface area contributed by atoms with Gasteiger partial charge in [0.15, 0.2) is 0 Å². The maximum Gasteiger partial charge on any atom is 0.220 e. The summed E-state index contributed by atoms with van der Waals surface area (Å²) in [5.41, 5.74) is 5.95. The van der Waals surface area contributed by atoms with Crippen LogP contribution in [0.1, 0.15) is 34.5 Å². The zero-order chi connectivity index (χ0) is 16.1. The van der Waals surface area contributed by atoms with E-state index in [-0.39, 0.29) is 5.91 Å². The minimum atomic E-state index is 0.113. The second kappa shape index (κ2) is 7.25. The minimum absolute atomic E-state index is 0.113. The van der Waals surface area contributed by atoms with Gasteiger partial charge in [-0.3, -0.25) is 9.48 Å². The van der Waals surface area contributed by atoms with Gasteiger partial charge in [-0.25, -0.2) is 0 Å². The normalized spacial score (nSPS) is 10.7. The van der Waals surface area contributed by atoms with Gasteiger partial charge in [-0.2, -0.15) is 5.10 Å². The molecule has 1 aromatic heterocycles. The number of carbonyl (C=O) groups is 1. The summed E-state index contributed by atoms with van der Waals surface area (Å²) < 4.78 is 1.89. The van der Waals surface area contributed by atoms with E-state index in [1.807, 2.05) is 30.8 Å². The fourth-order valence-corrected chi connectivity index (χ4v) is 2.73. The van der Waals surface area contributed by atoms with Crippen LogP contribution in [-0.2, 0) is 24.7 Å². The van der Waals surface area contributed by atoms with Crippen molar-refractivity contribution in [1.82, 2.24) is 15.1 Å². The third kappa shape index (κ3) is 3.97. The van der Waals surface area contributed by atoms with Crippen LogP contribution in [0.2, 0.25) is 0 Å². The van der Waals surface area contributed by atoms with Crippen LogP contribution in [0.15, 0.2) is 24.3 Å². The quantitative estimate of drug-likeness (QED) is 0.891. The van der Waals surface area contributed by atoms with Gasteiger partial charge in [-0.1, -0.05) is 24.3 Å². The Morgan fingerprint density at radius 1 is 1.18 bits per heavy atom. The number of amides is 1. The molecule has 0 unspecified atom stereocenters.